The van der Waals surface area contributed by atoms with Crippen LogP contribution < -0.4 is 4.74 Å². The predicted octanol–water partition coefficient (Wildman–Crippen LogP) is 6.47. The summed E-state index contributed by atoms with van der Waals surface area (Å²) in [5.41, 5.74) is 3.36. The van der Waals surface area contributed by atoms with Crippen LogP contribution in [-0.2, 0) is 11.5 Å². The van der Waals surface area contributed by atoms with E-state index in [9.17, 15) is 4.79 Å². The number of carbonyl (C=O) groups is 1. The molecule has 8 heteroatoms. The monoisotopic (exact) mass is 634 g/mol. The van der Waals surface area contributed by atoms with E-state index in [2.05, 4.69) is 81.9 Å². The van der Waals surface area contributed by atoms with Gasteiger partial charge in [0.2, 0.25) is 0 Å². The molecule has 0 saturated heterocycles. The normalized spacial score (nSPS) is 11.8. The van der Waals surface area contributed by atoms with Crippen molar-refractivity contribution in [3.63, 3.8) is 0 Å². The Bertz CT molecular complexity index is 1040. The summed E-state index contributed by atoms with van der Waals surface area (Å²) in [6.45, 7) is 10.0. The Hall–Kier alpha value is -0.983. The number of hydrogen-bond donors (Lipinski definition) is 0. The third-order valence-electron chi connectivity index (χ3n) is 4.56. The molecule has 2 aromatic carbocycles. The molecule has 1 aromatic heterocycles. The molecule has 0 saturated carbocycles. The van der Waals surface area contributed by atoms with Gasteiger partial charge in [-0.3, -0.25) is 9.36 Å². The molecule has 0 aliphatic carbocycles. The second kappa shape index (κ2) is 9.44. The number of benzene rings is 2. The maximum atomic E-state index is 11.3. The summed E-state index contributed by atoms with van der Waals surface area (Å²) in [6, 6.07) is 11.2. The van der Waals surface area contributed by atoms with Crippen LogP contribution in [0.5, 0.6) is 11.8 Å². The van der Waals surface area contributed by atoms with Crippen molar-refractivity contribution in [1.29, 1.82) is 0 Å². The van der Waals surface area contributed by atoms with Gasteiger partial charge in [-0.15, -0.1) is 0 Å². The predicted molar refractivity (Wildman–Crippen MR) is 136 cm³/mol. The third kappa shape index (κ3) is 5.79. The number of ether oxygens (including phenoxy) is 2. The summed E-state index contributed by atoms with van der Waals surface area (Å²) < 4.78 is 16.3. The van der Waals surface area contributed by atoms with Crippen LogP contribution in [0.1, 0.15) is 15.9 Å². The van der Waals surface area contributed by atoms with Gasteiger partial charge in [-0.05, 0) is 88.0 Å². The fraction of sp³-hybridized carbons (Fsp3) is 0.333. The molecular formula is C21H24I2N2O3Si. The molecule has 0 aliphatic heterocycles. The molecule has 0 atom stereocenters. The fourth-order valence-corrected chi connectivity index (χ4v) is 4.41. The van der Waals surface area contributed by atoms with E-state index in [0.29, 0.717) is 24.1 Å². The van der Waals surface area contributed by atoms with E-state index in [1.54, 1.807) is 6.07 Å². The van der Waals surface area contributed by atoms with E-state index in [0.717, 1.165) is 42.7 Å². The van der Waals surface area contributed by atoms with Crippen molar-refractivity contribution in [2.75, 3.05) is 6.61 Å². The Labute approximate surface area is 199 Å². The first-order valence-electron chi connectivity index (χ1n) is 9.34. The van der Waals surface area contributed by atoms with Crippen molar-refractivity contribution >= 4 is 70.6 Å². The highest BCUT2D eigenvalue weighted by Crippen LogP contribution is 2.30. The van der Waals surface area contributed by atoms with Crippen LogP contribution in [0.4, 0.5) is 0 Å². The summed E-state index contributed by atoms with van der Waals surface area (Å²) in [5.74, 6) is 0.584. The molecule has 0 fully saturated rings. The minimum atomic E-state index is -1.16. The zero-order valence-electron chi connectivity index (χ0n) is 17.0. The molecule has 3 aromatic rings. The number of rotatable bonds is 8. The lowest BCUT2D eigenvalue weighted by Gasteiger charge is -2.16. The van der Waals surface area contributed by atoms with Gasteiger partial charge in [-0.1, -0.05) is 25.7 Å². The van der Waals surface area contributed by atoms with Crippen molar-refractivity contribution in [2.45, 2.75) is 39.3 Å². The Kier molecular flexibility index (Phi) is 7.39. The van der Waals surface area contributed by atoms with Crippen LogP contribution in [0, 0.1) is 14.1 Å². The molecule has 0 spiro atoms. The van der Waals surface area contributed by atoms with Crippen molar-refractivity contribution in [2.24, 2.45) is 0 Å². The maximum absolute atomic E-state index is 11.3. The van der Waals surface area contributed by atoms with Gasteiger partial charge < -0.3 is 9.47 Å². The van der Waals surface area contributed by atoms with E-state index in [-0.39, 0.29) is 0 Å². The van der Waals surface area contributed by atoms with Crippen LogP contribution in [0.3, 0.4) is 0 Å². The zero-order valence-corrected chi connectivity index (χ0v) is 22.3. The third-order valence-corrected chi connectivity index (χ3v) is 9.08. The van der Waals surface area contributed by atoms with Crippen molar-refractivity contribution in [3.05, 3.63) is 48.6 Å². The van der Waals surface area contributed by atoms with E-state index >= 15 is 0 Å². The second-order valence-corrected chi connectivity index (χ2v) is 16.1. The van der Waals surface area contributed by atoms with E-state index in [1.807, 2.05) is 23.6 Å². The van der Waals surface area contributed by atoms with Gasteiger partial charge >= 0.3 is 6.01 Å². The van der Waals surface area contributed by atoms with Gasteiger partial charge in [0, 0.05) is 27.4 Å². The largest absolute Gasteiger partial charge is 0.425 e. The molecule has 5 nitrogen and oxygen atoms in total. The van der Waals surface area contributed by atoms with Gasteiger partial charge in [-0.2, -0.15) is 4.98 Å². The van der Waals surface area contributed by atoms with Gasteiger partial charge in [-0.25, -0.2) is 0 Å². The van der Waals surface area contributed by atoms with Crippen molar-refractivity contribution < 1.29 is 14.3 Å². The van der Waals surface area contributed by atoms with Crippen LogP contribution in [0.2, 0.25) is 25.7 Å². The number of nitrogens with zero attached hydrogens (tertiary/aromatic N) is 2. The Morgan fingerprint density at radius 3 is 2.55 bits per heavy atom. The van der Waals surface area contributed by atoms with Crippen LogP contribution >= 0.6 is 45.2 Å². The Morgan fingerprint density at radius 1 is 1.14 bits per heavy atom. The number of aromatic nitrogens is 2. The molecule has 29 heavy (non-hydrogen) atoms. The highest BCUT2D eigenvalue weighted by atomic mass is 127. The lowest BCUT2D eigenvalue weighted by molar-refractivity contribution is 0.0850. The fourth-order valence-electron chi connectivity index (χ4n) is 2.75. The minimum Gasteiger partial charge on any atom is -0.425 e. The summed E-state index contributed by atoms with van der Waals surface area (Å²) in [7, 11) is -1.16. The van der Waals surface area contributed by atoms with Crippen LogP contribution in [0.15, 0.2) is 30.3 Å². The number of imidazole rings is 1. The van der Waals surface area contributed by atoms with Crippen molar-refractivity contribution in [3.8, 4) is 11.8 Å². The maximum Gasteiger partial charge on any atom is 0.304 e. The average molecular weight is 634 g/mol. The Morgan fingerprint density at radius 2 is 1.86 bits per heavy atom. The number of aryl methyl sites for hydroxylation is 1. The van der Waals surface area contributed by atoms with E-state index in [4.69, 9.17) is 9.47 Å². The van der Waals surface area contributed by atoms with Gasteiger partial charge in [0.05, 0.1) is 11.0 Å². The molecule has 1 heterocycles. The number of halogens is 2. The summed E-state index contributed by atoms with van der Waals surface area (Å²) in [6.07, 6.45) is 0.843. The molecule has 0 radical (unpaired) electrons. The number of carbonyl (C=O) groups excluding carboxylic acids is 1. The van der Waals surface area contributed by atoms with Crippen LogP contribution in [0.25, 0.3) is 11.0 Å². The summed E-state index contributed by atoms with van der Waals surface area (Å²) in [5, 5.41) is 0. The first-order chi connectivity index (χ1) is 13.7. The highest BCUT2D eigenvalue weighted by Gasteiger charge is 2.17. The quantitative estimate of drug-likeness (QED) is 0.123. The van der Waals surface area contributed by atoms with E-state index < -0.39 is 8.07 Å². The second-order valence-electron chi connectivity index (χ2n) is 8.16. The lowest BCUT2D eigenvalue weighted by atomic mass is 10.1. The zero-order chi connectivity index (χ0) is 21.2. The lowest BCUT2D eigenvalue weighted by Crippen LogP contribution is -2.22. The Balaban J connectivity index is 1.93. The summed E-state index contributed by atoms with van der Waals surface area (Å²) >= 11 is 4.64. The molecule has 0 N–H and O–H groups in total. The van der Waals surface area contributed by atoms with Gasteiger partial charge in [0.25, 0.3) is 0 Å². The van der Waals surface area contributed by atoms with Gasteiger partial charge in [0.15, 0.2) is 0 Å². The molecule has 0 amide bonds. The van der Waals surface area contributed by atoms with E-state index in [1.165, 1.54) is 0 Å². The average Bonchev–Trinajstić information content (AvgIpc) is 2.96. The number of aldehydes is 1. The van der Waals surface area contributed by atoms with Crippen molar-refractivity contribution in [1.82, 2.24) is 9.55 Å². The first kappa shape index (κ1) is 22.7. The minimum absolute atomic E-state index is 0.374. The van der Waals surface area contributed by atoms with Crippen LogP contribution in [-0.4, -0.2) is 30.5 Å². The molecule has 0 aliphatic rings. The first-order valence-corrected chi connectivity index (χ1v) is 15.2. The highest BCUT2D eigenvalue weighted by molar-refractivity contribution is 14.1. The van der Waals surface area contributed by atoms with Gasteiger partial charge in [0.1, 0.15) is 18.8 Å². The topological polar surface area (TPSA) is 53.4 Å². The molecule has 154 valence electrons. The molecule has 3 rings (SSSR count). The summed E-state index contributed by atoms with van der Waals surface area (Å²) in [4.78, 5) is 16.0. The molecule has 0 bridgehead atoms. The SMILES string of the molecule is Cc1ccc(Oc2nc3cc(I)c(I)cc3n2COCC[Si](C)(C)C)cc1C=O. The molecular weight excluding hydrogens is 610 g/mol. The standard InChI is InChI=1S/C21H24I2N2O3Si/c1-14-5-6-16(9-15(14)12-26)28-21-24-19-10-17(22)18(23)11-20(19)25(21)13-27-7-8-29(2,3)4/h5-6,9-12H,7-8,13H2,1-4H3. The smallest absolute Gasteiger partial charge is 0.304 e. The number of fused-ring (bicyclic) bond motifs is 1. The number of hydrogen-bond acceptors (Lipinski definition) is 4. The molecule has 0 unspecified atom stereocenters.